The van der Waals surface area contributed by atoms with E-state index in [2.05, 4.69) is 0 Å². The Hall–Kier alpha value is -3.12. The van der Waals surface area contributed by atoms with Gasteiger partial charge in [-0.05, 0) is 36.8 Å². The fraction of sp³-hybridized carbons (Fsp3) is 0.391. The van der Waals surface area contributed by atoms with Crippen LogP contribution >= 0.6 is 0 Å². The predicted molar refractivity (Wildman–Crippen MR) is 108 cm³/mol. The van der Waals surface area contributed by atoms with Crippen LogP contribution in [0.5, 0.6) is 0 Å². The summed E-state index contributed by atoms with van der Waals surface area (Å²) in [6, 6.07) is 10.9. The first-order valence-electron chi connectivity index (χ1n) is 10.2. The van der Waals surface area contributed by atoms with Crippen molar-refractivity contribution in [3.05, 3.63) is 65.0 Å². The zero-order chi connectivity index (χ0) is 23.1. The number of nitrogens with zero attached hydrogens (tertiary/aromatic N) is 3. The number of carbonyl (C=O) groups excluding carboxylic acids is 1. The van der Waals surface area contributed by atoms with Crippen LogP contribution in [-0.4, -0.2) is 48.7 Å². The van der Waals surface area contributed by atoms with Gasteiger partial charge < -0.3 is 14.9 Å². The second kappa shape index (κ2) is 8.10. The molecule has 0 bridgehead atoms. The fourth-order valence-electron chi connectivity index (χ4n) is 4.79. The lowest BCUT2D eigenvalue weighted by atomic mass is 9.73. The van der Waals surface area contributed by atoms with Crippen molar-refractivity contribution in [1.29, 1.82) is 5.26 Å². The Balaban J connectivity index is 1.58. The average molecular weight is 447 g/mol. The zero-order valence-corrected chi connectivity index (χ0v) is 17.1. The van der Waals surface area contributed by atoms with Crippen molar-refractivity contribution in [2.24, 2.45) is 11.3 Å². The number of hydrogen-bond acceptors (Lipinski definition) is 4. The van der Waals surface area contributed by atoms with Crippen LogP contribution < -0.4 is 4.90 Å². The van der Waals surface area contributed by atoms with Gasteiger partial charge in [-0.2, -0.15) is 18.4 Å². The largest absolute Gasteiger partial charge is 0.417 e. The summed E-state index contributed by atoms with van der Waals surface area (Å²) in [4.78, 5) is 16.1. The summed E-state index contributed by atoms with van der Waals surface area (Å²) in [6.45, 7) is 1.09. The summed E-state index contributed by atoms with van der Waals surface area (Å²) in [6.07, 6.45) is -4.21. The van der Waals surface area contributed by atoms with Gasteiger partial charge in [-0.3, -0.25) is 4.79 Å². The van der Waals surface area contributed by atoms with Gasteiger partial charge in [0.15, 0.2) is 0 Å². The lowest BCUT2D eigenvalue weighted by Gasteiger charge is -2.42. The maximum Gasteiger partial charge on any atom is 0.417 e. The van der Waals surface area contributed by atoms with Gasteiger partial charge in [-0.25, -0.2) is 4.39 Å². The van der Waals surface area contributed by atoms with Crippen molar-refractivity contribution in [1.82, 2.24) is 4.90 Å². The molecule has 2 fully saturated rings. The molecular formula is C23H21F4N3O2. The molecular weight excluding hydrogens is 426 g/mol. The third-order valence-electron chi connectivity index (χ3n) is 6.63. The smallest absolute Gasteiger partial charge is 0.396 e. The van der Waals surface area contributed by atoms with E-state index >= 15 is 0 Å². The van der Waals surface area contributed by atoms with Gasteiger partial charge in [0.1, 0.15) is 5.82 Å². The monoisotopic (exact) mass is 447 g/mol. The Morgan fingerprint density at radius 1 is 1.22 bits per heavy atom. The Morgan fingerprint density at radius 2 is 1.97 bits per heavy atom. The molecule has 2 heterocycles. The topological polar surface area (TPSA) is 67.6 Å². The molecule has 2 aromatic rings. The van der Waals surface area contributed by atoms with E-state index in [4.69, 9.17) is 5.26 Å². The van der Waals surface area contributed by atoms with Gasteiger partial charge >= 0.3 is 6.18 Å². The van der Waals surface area contributed by atoms with Crippen LogP contribution in [0.15, 0.2) is 42.5 Å². The summed E-state index contributed by atoms with van der Waals surface area (Å²) in [5.74, 6) is -1.24. The quantitative estimate of drug-likeness (QED) is 0.729. The first kappa shape index (κ1) is 22.1. The van der Waals surface area contributed by atoms with Crippen molar-refractivity contribution in [3.8, 4) is 6.07 Å². The molecule has 9 heteroatoms. The molecule has 2 aromatic carbocycles. The number of alkyl halides is 3. The number of carbonyl (C=O) groups is 1. The summed E-state index contributed by atoms with van der Waals surface area (Å²) in [5.41, 5.74) is -1.73. The molecule has 4 rings (SSSR count). The second-order valence-electron chi connectivity index (χ2n) is 8.42. The highest BCUT2D eigenvalue weighted by molar-refractivity contribution is 5.94. The first-order chi connectivity index (χ1) is 15.2. The summed E-state index contributed by atoms with van der Waals surface area (Å²) >= 11 is 0. The Labute approximate surface area is 182 Å². The maximum atomic E-state index is 14.1. The molecule has 2 saturated heterocycles. The number of hydrogen-bond donors (Lipinski definition) is 1. The molecule has 0 spiro atoms. The molecule has 0 aromatic heterocycles. The summed E-state index contributed by atoms with van der Waals surface area (Å²) < 4.78 is 54.2. The van der Waals surface area contributed by atoms with Gasteiger partial charge in [0.25, 0.3) is 5.91 Å². The molecule has 2 atom stereocenters. The van der Waals surface area contributed by atoms with E-state index in [9.17, 15) is 27.5 Å². The fourth-order valence-corrected chi connectivity index (χ4v) is 4.79. The van der Waals surface area contributed by atoms with Crippen LogP contribution in [0.4, 0.5) is 23.2 Å². The van der Waals surface area contributed by atoms with E-state index in [1.54, 1.807) is 21.9 Å². The van der Waals surface area contributed by atoms with Gasteiger partial charge in [0.05, 0.1) is 29.4 Å². The number of anilines is 1. The predicted octanol–water partition coefficient (Wildman–Crippen LogP) is 3.68. The number of amides is 1. The van der Waals surface area contributed by atoms with E-state index in [1.807, 2.05) is 0 Å². The van der Waals surface area contributed by atoms with Crippen molar-refractivity contribution in [2.75, 3.05) is 37.7 Å². The van der Waals surface area contributed by atoms with E-state index in [-0.39, 0.29) is 24.6 Å². The molecule has 0 saturated carbocycles. The van der Waals surface area contributed by atoms with E-state index in [0.717, 1.165) is 12.1 Å². The van der Waals surface area contributed by atoms with Crippen molar-refractivity contribution >= 4 is 11.6 Å². The third kappa shape index (κ3) is 3.79. The van der Waals surface area contributed by atoms with Gasteiger partial charge in [0, 0.05) is 43.2 Å². The molecule has 32 heavy (non-hydrogen) atoms. The van der Waals surface area contributed by atoms with Crippen LogP contribution in [0.25, 0.3) is 0 Å². The molecule has 0 unspecified atom stereocenters. The van der Waals surface area contributed by atoms with Gasteiger partial charge in [-0.15, -0.1) is 0 Å². The molecule has 5 nitrogen and oxygen atoms in total. The van der Waals surface area contributed by atoms with Crippen molar-refractivity contribution in [3.63, 3.8) is 0 Å². The molecule has 2 aliphatic heterocycles. The number of benzene rings is 2. The van der Waals surface area contributed by atoms with E-state index in [0.29, 0.717) is 31.7 Å². The minimum Gasteiger partial charge on any atom is -0.396 e. The number of piperidine rings is 1. The lowest BCUT2D eigenvalue weighted by molar-refractivity contribution is -0.137. The number of rotatable bonds is 3. The Bertz CT molecular complexity index is 1080. The van der Waals surface area contributed by atoms with Crippen LogP contribution in [0, 0.1) is 28.5 Å². The number of fused-ring (bicyclic) bond motifs is 1. The van der Waals surface area contributed by atoms with Crippen LogP contribution in [0.3, 0.4) is 0 Å². The zero-order valence-electron chi connectivity index (χ0n) is 17.1. The first-order valence-corrected chi connectivity index (χ1v) is 10.2. The van der Waals surface area contributed by atoms with Gasteiger partial charge in [0.2, 0.25) is 0 Å². The Morgan fingerprint density at radius 3 is 2.62 bits per heavy atom. The lowest BCUT2D eigenvalue weighted by Crippen LogP contribution is -2.50. The number of halogens is 4. The SMILES string of the molecule is N#Cc1ccc(N2C[C@H]3CN(C(=O)c4ccccc4F)CC[C@@]3(CO)C2)cc1C(F)(F)F. The molecule has 1 N–H and O–H groups in total. The number of aliphatic hydroxyl groups is 1. The van der Waals surface area contributed by atoms with Crippen molar-refractivity contribution < 1.29 is 27.5 Å². The summed E-state index contributed by atoms with van der Waals surface area (Å²) in [7, 11) is 0. The third-order valence-corrected chi connectivity index (χ3v) is 6.63. The minimum absolute atomic E-state index is 0.0271. The summed E-state index contributed by atoms with van der Waals surface area (Å²) in [5, 5.41) is 19.2. The second-order valence-corrected chi connectivity index (χ2v) is 8.42. The van der Waals surface area contributed by atoms with Crippen LogP contribution in [0.2, 0.25) is 0 Å². The van der Waals surface area contributed by atoms with Crippen molar-refractivity contribution in [2.45, 2.75) is 12.6 Å². The molecule has 168 valence electrons. The molecule has 0 aliphatic carbocycles. The number of aliphatic hydroxyl groups excluding tert-OH is 1. The molecule has 2 aliphatic rings. The average Bonchev–Trinajstić information content (AvgIpc) is 3.17. The standard InChI is InChI=1S/C23H21F4N3O2/c24-20-4-2-1-3-18(20)21(32)29-8-7-22(14-31)13-30(12-16(22)11-29)17-6-5-15(10-28)19(9-17)23(25,26)27/h1-6,9,16,31H,7-8,11-14H2/t16-,22+/m1/s1. The Kier molecular flexibility index (Phi) is 5.59. The highest BCUT2D eigenvalue weighted by Gasteiger charge is 2.50. The number of likely N-dealkylation sites (tertiary alicyclic amines) is 1. The maximum absolute atomic E-state index is 14.1. The van der Waals surface area contributed by atoms with Crippen LogP contribution in [-0.2, 0) is 6.18 Å². The highest BCUT2D eigenvalue weighted by atomic mass is 19.4. The van der Waals surface area contributed by atoms with Gasteiger partial charge in [-0.1, -0.05) is 12.1 Å². The van der Waals surface area contributed by atoms with Crippen LogP contribution in [0.1, 0.15) is 27.9 Å². The minimum atomic E-state index is -4.66. The number of nitriles is 1. The van der Waals surface area contributed by atoms with E-state index in [1.165, 1.54) is 24.3 Å². The molecule has 1 amide bonds. The normalized spacial score (nSPS) is 23.1. The molecule has 0 radical (unpaired) electrons. The van der Waals surface area contributed by atoms with E-state index < -0.39 is 34.4 Å². The highest BCUT2D eigenvalue weighted by Crippen LogP contribution is 2.45.